The fourth-order valence-corrected chi connectivity index (χ4v) is 0. The molecule has 0 fully saturated rings. The van der Waals surface area contributed by atoms with E-state index in [1.807, 2.05) is 0 Å². The molecule has 0 aromatic heterocycles. The summed E-state index contributed by atoms with van der Waals surface area (Å²) in [5.41, 5.74) is 0. The van der Waals surface area contributed by atoms with Crippen LogP contribution >= 0.6 is 0 Å². The summed E-state index contributed by atoms with van der Waals surface area (Å²) in [7, 11) is 0.625. The van der Waals surface area contributed by atoms with E-state index in [1.165, 1.54) is 87.2 Å². The van der Waals surface area contributed by atoms with Crippen molar-refractivity contribution in [3.8, 4) is 0 Å². The van der Waals surface area contributed by atoms with Gasteiger partial charge in [0.15, 0.2) is 0 Å². The maximum atomic E-state index is 2.81. The third kappa shape index (κ3) is 73.8. The number of rotatable bonds is 0. The molecule has 0 aromatic rings. The molecule has 0 aromatic carbocycles. The van der Waals surface area contributed by atoms with Crippen LogP contribution in [0.1, 0.15) is 1.43 Å². The average Bonchev–Trinajstić information content (AvgIpc) is 2.01. The molecule has 0 bridgehead atoms. The van der Waals surface area contributed by atoms with Gasteiger partial charge in [-0.25, -0.2) is 0 Å². The molecule has 0 rings (SSSR count). The van der Waals surface area contributed by atoms with Crippen molar-refractivity contribution >= 4 is 160 Å². The van der Waals surface area contributed by atoms with E-state index in [0.717, 1.165) is 0 Å². The predicted octanol–water partition coefficient (Wildman–Crippen LogP) is -6.69. The second kappa shape index (κ2) is 65.4. The van der Waals surface area contributed by atoms with Gasteiger partial charge in [-0.15, -0.1) is 0 Å². The molecule has 0 unspecified atom stereocenters. The van der Waals surface area contributed by atoms with E-state index in [1.54, 1.807) is 0 Å². The molecule has 0 atom stereocenters. The SMILES string of the molecule is [B].[H-].[Na+].[Na][Na].[Na][Na].[Se]=[Se].[Se]=[Se]=[Se]. The van der Waals surface area contributed by atoms with Crippen LogP contribution in [-0.4, -0.2) is 160 Å². The van der Waals surface area contributed by atoms with Gasteiger partial charge in [0, 0.05) is 8.41 Å². The van der Waals surface area contributed by atoms with Gasteiger partial charge in [0.1, 0.15) is 0 Å². The second-order valence-corrected chi connectivity index (χ2v) is 9.55. The fourth-order valence-electron chi connectivity index (χ4n) is 0. The minimum absolute atomic E-state index is 0. The van der Waals surface area contributed by atoms with E-state index in [4.69, 9.17) is 0 Å². The van der Waals surface area contributed by atoms with Gasteiger partial charge in [0.25, 0.3) is 0 Å². The van der Waals surface area contributed by atoms with E-state index in [9.17, 15) is 0 Å². The molecule has 0 heterocycles. The summed E-state index contributed by atoms with van der Waals surface area (Å²) < 4.78 is 0. The summed E-state index contributed by atoms with van der Waals surface area (Å²) >= 11 is 16.4. The van der Waals surface area contributed by atoms with Gasteiger partial charge >= 0.3 is 182 Å². The van der Waals surface area contributed by atoms with Crippen molar-refractivity contribution in [2.24, 2.45) is 0 Å². The summed E-state index contributed by atoms with van der Waals surface area (Å²) in [4.78, 5) is 0. The zero-order valence-corrected chi connectivity index (χ0v) is 26.2. The molecule has 3 radical (unpaired) electrons. The molecule has 0 saturated heterocycles. The summed E-state index contributed by atoms with van der Waals surface area (Å²) in [5.74, 6) is 0. The Labute approximate surface area is 185 Å². The Hall–Kier alpha value is 7.66. The van der Waals surface area contributed by atoms with Crippen molar-refractivity contribution in [1.82, 2.24) is 0 Å². The summed E-state index contributed by atoms with van der Waals surface area (Å²) in [6.07, 6.45) is 0. The summed E-state index contributed by atoms with van der Waals surface area (Å²) in [6.45, 7) is 0. The van der Waals surface area contributed by atoms with Crippen molar-refractivity contribution in [1.29, 1.82) is 0 Å². The zero-order chi connectivity index (χ0) is 8.71. The Morgan fingerprint density at radius 2 is 0.909 bits per heavy atom. The molecule has 0 saturated carbocycles. The zero-order valence-electron chi connectivity index (χ0n) is 8.62. The third-order valence-corrected chi connectivity index (χ3v) is 0. The Balaban J connectivity index is -0.00000000522. The number of hydrogen-bond acceptors (Lipinski definition) is 0. The van der Waals surface area contributed by atoms with Crippen LogP contribution in [0.3, 0.4) is 0 Å². The first-order chi connectivity index (χ1) is 4.41. The van der Waals surface area contributed by atoms with Gasteiger partial charge < -0.3 is 1.43 Å². The van der Waals surface area contributed by atoms with Crippen LogP contribution in [0.25, 0.3) is 0 Å². The first-order valence-electron chi connectivity index (χ1n) is 2.50. The van der Waals surface area contributed by atoms with Gasteiger partial charge in [-0.3, -0.25) is 0 Å². The van der Waals surface area contributed by atoms with E-state index < -0.39 is 0 Å². The van der Waals surface area contributed by atoms with Gasteiger partial charge in [-0.05, 0) is 0 Å². The van der Waals surface area contributed by atoms with Crippen LogP contribution in [-0.2, 0) is 0 Å². The normalized spacial score (nSPS) is 2.91. The van der Waals surface area contributed by atoms with Crippen molar-refractivity contribution in [2.45, 2.75) is 0 Å². The van der Waals surface area contributed by atoms with E-state index >= 15 is 0 Å². The molecule has 11 heteroatoms. The topological polar surface area (TPSA) is 0 Å². The Bertz CT molecular complexity index is 49.1. The summed E-state index contributed by atoms with van der Waals surface area (Å²) in [5, 5.41) is 0. The fraction of sp³-hybridized carbons (Fsp3) is 0. The molecule has 0 aliphatic rings. The predicted molar refractivity (Wildman–Crippen MR) is 58.7 cm³/mol. The molecule has 0 spiro atoms. The molecule has 0 aliphatic carbocycles. The Morgan fingerprint density at radius 1 is 0.909 bits per heavy atom. The monoisotopic (exact) mass is 527 g/mol. The van der Waals surface area contributed by atoms with Crippen LogP contribution in [0.15, 0.2) is 0 Å². The van der Waals surface area contributed by atoms with Crippen LogP contribution in [0.4, 0.5) is 0 Å². The van der Waals surface area contributed by atoms with E-state index in [2.05, 4.69) is 54.6 Å². The molecule has 0 N–H and O–H groups in total. The van der Waals surface area contributed by atoms with Gasteiger partial charge in [-0.1, -0.05) is 0 Å². The van der Waals surface area contributed by atoms with Crippen LogP contribution < -0.4 is 29.6 Å². The number of hydrogen-bond donors (Lipinski definition) is 0. The molecule has 11 heavy (non-hydrogen) atoms. The van der Waals surface area contributed by atoms with E-state index in [-0.39, 0.29) is 39.4 Å². The van der Waals surface area contributed by atoms with Gasteiger partial charge in [0.05, 0.1) is 0 Å². The molecule has 0 nitrogen and oxygen atoms in total. The van der Waals surface area contributed by atoms with Gasteiger partial charge in [-0.2, -0.15) is 0 Å². The van der Waals surface area contributed by atoms with Crippen LogP contribution in [0, 0.1) is 0 Å². The molecule has 39 valence electrons. The Kier molecular flexibility index (Phi) is 216. The molecular weight excluding hydrogens is 521 g/mol. The van der Waals surface area contributed by atoms with Crippen LogP contribution in [0.2, 0.25) is 0 Å². The quantitative estimate of drug-likeness (QED) is 0.278. The van der Waals surface area contributed by atoms with Crippen LogP contribution in [0.5, 0.6) is 0 Å². The summed E-state index contributed by atoms with van der Waals surface area (Å²) in [6, 6.07) is 0. The maximum absolute atomic E-state index is 2.81. The standard InChI is InChI=1S/B.5Na.Se3.Se2.H/c;;;;;;1-3-2;1-2;/q;;;;;+1;;;-1. The third-order valence-electron chi connectivity index (χ3n) is 0. The van der Waals surface area contributed by atoms with E-state index in [0.29, 0.717) is 10.2 Å². The minimum atomic E-state index is 0. The first-order valence-corrected chi connectivity index (χ1v) is 31.5. The van der Waals surface area contributed by atoms with Crippen molar-refractivity contribution in [3.63, 3.8) is 0 Å². The average molecular weight is 522 g/mol. The van der Waals surface area contributed by atoms with Crippen molar-refractivity contribution in [3.05, 3.63) is 0 Å². The second-order valence-electron chi connectivity index (χ2n) is 0.0680. The van der Waals surface area contributed by atoms with Crippen molar-refractivity contribution in [2.75, 3.05) is 0 Å². The Morgan fingerprint density at radius 3 is 0.909 bits per heavy atom. The molecule has 0 aliphatic heterocycles. The van der Waals surface area contributed by atoms with Crippen molar-refractivity contribution < 1.29 is 31.0 Å². The molecular formula is HBNa5Se5. The van der Waals surface area contributed by atoms with Gasteiger partial charge in [0.2, 0.25) is 0 Å². The molecule has 0 amide bonds. The first kappa shape index (κ1) is 36.3.